The summed E-state index contributed by atoms with van der Waals surface area (Å²) in [5, 5.41) is 9.58. The molecule has 1 aromatic heterocycles. The number of hydrogen-bond acceptors (Lipinski definition) is 4. The summed E-state index contributed by atoms with van der Waals surface area (Å²) in [6.45, 7) is 0.173. The number of hydrogen-bond donors (Lipinski definition) is 2. The zero-order chi connectivity index (χ0) is 23.6. The molecule has 4 rings (SSSR count). The molecule has 8 nitrogen and oxygen atoms in total. The molecule has 11 heteroatoms. The van der Waals surface area contributed by atoms with Crippen LogP contribution in [0, 0.1) is 0 Å². The number of aromatic nitrogens is 3. The molecule has 2 amide bonds. The summed E-state index contributed by atoms with van der Waals surface area (Å²) >= 11 is 0. The highest BCUT2D eigenvalue weighted by molar-refractivity contribution is 5.89. The Labute approximate surface area is 187 Å². The maximum atomic E-state index is 13.1. The minimum atomic E-state index is -4.50. The topological polar surface area (TPSA) is 90.2 Å². The van der Waals surface area contributed by atoms with Crippen LogP contribution in [0.1, 0.15) is 24.4 Å². The maximum Gasteiger partial charge on any atom is 0.416 e. The van der Waals surface area contributed by atoms with Crippen LogP contribution in [-0.4, -0.2) is 34.0 Å². The van der Waals surface area contributed by atoms with Crippen molar-refractivity contribution in [2.24, 2.45) is 0 Å². The van der Waals surface area contributed by atoms with E-state index in [9.17, 15) is 22.8 Å². The van der Waals surface area contributed by atoms with E-state index >= 15 is 0 Å². The molecule has 1 fully saturated rings. The van der Waals surface area contributed by atoms with E-state index in [1.54, 1.807) is 31.4 Å². The molecule has 1 aliphatic carbocycles. The molecule has 174 valence electrons. The zero-order valence-electron chi connectivity index (χ0n) is 17.7. The number of nitrogens with zero attached hydrogens (tertiary/aromatic N) is 3. The molecule has 0 spiro atoms. The van der Waals surface area contributed by atoms with Gasteiger partial charge in [0.2, 0.25) is 0 Å². The SMILES string of the molecule is COc1ccc(NC(=O)NCCn2nc(-c3cccc(C(F)(F)F)c3)n(C3CC3)c2=O)cc1. The fraction of sp³-hybridized carbons (Fsp3) is 0.318. The second-order valence-corrected chi connectivity index (χ2v) is 7.62. The third-order valence-electron chi connectivity index (χ3n) is 5.19. The largest absolute Gasteiger partial charge is 0.497 e. The Morgan fingerprint density at radius 2 is 1.91 bits per heavy atom. The molecule has 0 radical (unpaired) electrons. The standard InChI is InChI=1S/C22H22F3N5O3/c1-33-18-9-5-16(6-10-18)27-20(31)26-11-12-29-21(32)30(17-7-8-17)19(28-29)14-3-2-4-15(13-14)22(23,24)25/h2-6,9-10,13,17H,7-8,11-12H2,1H3,(H2,26,27,31). The lowest BCUT2D eigenvalue weighted by molar-refractivity contribution is -0.137. The van der Waals surface area contributed by atoms with Gasteiger partial charge in [0.25, 0.3) is 0 Å². The van der Waals surface area contributed by atoms with Crippen LogP contribution in [0.15, 0.2) is 53.3 Å². The van der Waals surface area contributed by atoms with Gasteiger partial charge >= 0.3 is 17.9 Å². The Morgan fingerprint density at radius 3 is 2.55 bits per heavy atom. The van der Waals surface area contributed by atoms with Gasteiger partial charge in [0.15, 0.2) is 5.82 Å². The number of carbonyl (C=O) groups is 1. The van der Waals surface area contributed by atoms with Crippen molar-refractivity contribution in [3.05, 3.63) is 64.6 Å². The molecule has 0 saturated heterocycles. The highest BCUT2D eigenvalue weighted by Gasteiger charge is 2.33. The highest BCUT2D eigenvalue weighted by Crippen LogP contribution is 2.37. The van der Waals surface area contributed by atoms with Crippen LogP contribution < -0.4 is 21.1 Å². The first-order valence-electron chi connectivity index (χ1n) is 10.3. The molecule has 1 aliphatic rings. The van der Waals surface area contributed by atoms with E-state index in [1.165, 1.54) is 21.4 Å². The van der Waals surface area contributed by atoms with Crippen molar-refractivity contribution in [2.75, 3.05) is 19.0 Å². The number of alkyl halides is 3. The molecule has 33 heavy (non-hydrogen) atoms. The number of halogens is 3. The molecule has 2 aromatic carbocycles. The monoisotopic (exact) mass is 461 g/mol. The van der Waals surface area contributed by atoms with E-state index in [0.29, 0.717) is 11.4 Å². The summed E-state index contributed by atoms with van der Waals surface area (Å²) in [7, 11) is 1.54. The van der Waals surface area contributed by atoms with Crippen molar-refractivity contribution in [3.8, 4) is 17.1 Å². The highest BCUT2D eigenvalue weighted by atomic mass is 19.4. The third kappa shape index (κ3) is 5.18. The van der Waals surface area contributed by atoms with E-state index in [-0.39, 0.29) is 30.5 Å². The average molecular weight is 461 g/mol. The zero-order valence-corrected chi connectivity index (χ0v) is 17.7. The number of amides is 2. The van der Waals surface area contributed by atoms with Crippen LogP contribution >= 0.6 is 0 Å². The number of nitrogens with one attached hydrogen (secondary N) is 2. The van der Waals surface area contributed by atoms with Crippen LogP contribution in [-0.2, 0) is 12.7 Å². The predicted molar refractivity (Wildman–Crippen MR) is 115 cm³/mol. The van der Waals surface area contributed by atoms with Gasteiger partial charge in [-0.1, -0.05) is 12.1 Å². The van der Waals surface area contributed by atoms with E-state index < -0.39 is 23.5 Å². The Kier molecular flexibility index (Phi) is 6.12. The van der Waals surface area contributed by atoms with Crippen molar-refractivity contribution in [1.82, 2.24) is 19.7 Å². The summed E-state index contributed by atoms with van der Waals surface area (Å²) in [5.41, 5.74) is -0.434. The number of urea groups is 1. The third-order valence-corrected chi connectivity index (χ3v) is 5.19. The van der Waals surface area contributed by atoms with Crippen LogP contribution in [0.5, 0.6) is 5.75 Å². The van der Waals surface area contributed by atoms with Crippen molar-refractivity contribution in [3.63, 3.8) is 0 Å². The van der Waals surface area contributed by atoms with Gasteiger partial charge < -0.3 is 15.4 Å². The number of benzene rings is 2. The first kappa shape index (κ1) is 22.4. The Balaban J connectivity index is 1.46. The van der Waals surface area contributed by atoms with E-state index in [0.717, 1.165) is 25.0 Å². The summed E-state index contributed by atoms with van der Waals surface area (Å²) in [5.74, 6) is 0.847. The number of carbonyl (C=O) groups excluding carboxylic acids is 1. The lowest BCUT2D eigenvalue weighted by Gasteiger charge is -2.09. The molecule has 1 heterocycles. The summed E-state index contributed by atoms with van der Waals surface area (Å²) in [6, 6.07) is 11.0. The number of rotatable bonds is 7. The van der Waals surface area contributed by atoms with Crippen molar-refractivity contribution in [1.29, 1.82) is 0 Å². The number of ether oxygens (including phenoxy) is 1. The van der Waals surface area contributed by atoms with Crippen LogP contribution in [0.3, 0.4) is 0 Å². The smallest absolute Gasteiger partial charge is 0.416 e. The van der Waals surface area contributed by atoms with E-state index in [2.05, 4.69) is 15.7 Å². The molecule has 0 aliphatic heterocycles. The minimum absolute atomic E-state index is 0.0700. The van der Waals surface area contributed by atoms with Crippen LogP contribution in [0.25, 0.3) is 11.4 Å². The van der Waals surface area contributed by atoms with Gasteiger partial charge in [-0.05, 0) is 49.2 Å². The second-order valence-electron chi connectivity index (χ2n) is 7.62. The Bertz CT molecular complexity index is 1200. The number of methoxy groups -OCH3 is 1. The van der Waals surface area contributed by atoms with Gasteiger partial charge in [0.1, 0.15) is 5.75 Å². The van der Waals surface area contributed by atoms with Crippen molar-refractivity contribution < 1.29 is 22.7 Å². The quantitative estimate of drug-likeness (QED) is 0.559. The fourth-order valence-corrected chi connectivity index (χ4v) is 3.38. The first-order chi connectivity index (χ1) is 15.8. The normalized spacial score (nSPS) is 13.6. The average Bonchev–Trinajstić information content (AvgIpc) is 3.57. The van der Waals surface area contributed by atoms with Crippen molar-refractivity contribution in [2.45, 2.75) is 31.6 Å². The molecule has 3 aromatic rings. The van der Waals surface area contributed by atoms with E-state index in [1.807, 2.05) is 0 Å². The summed E-state index contributed by atoms with van der Waals surface area (Å²) in [4.78, 5) is 25.0. The molecule has 2 N–H and O–H groups in total. The van der Waals surface area contributed by atoms with Gasteiger partial charge in [-0.3, -0.25) is 4.57 Å². The molecular formula is C22H22F3N5O3. The van der Waals surface area contributed by atoms with Gasteiger partial charge in [0.05, 0.1) is 19.2 Å². The second kappa shape index (κ2) is 9.00. The maximum absolute atomic E-state index is 13.1. The Morgan fingerprint density at radius 1 is 1.18 bits per heavy atom. The van der Waals surface area contributed by atoms with Gasteiger partial charge in [-0.15, -0.1) is 5.10 Å². The molecule has 0 bridgehead atoms. The van der Waals surface area contributed by atoms with E-state index in [4.69, 9.17) is 4.74 Å². The van der Waals surface area contributed by atoms with Gasteiger partial charge in [-0.25, -0.2) is 14.3 Å². The first-order valence-corrected chi connectivity index (χ1v) is 10.3. The predicted octanol–water partition coefficient (Wildman–Crippen LogP) is 3.90. The van der Waals surface area contributed by atoms with Crippen LogP contribution in [0.4, 0.5) is 23.7 Å². The number of anilines is 1. The Hall–Kier alpha value is -3.76. The summed E-state index contributed by atoms with van der Waals surface area (Å²) < 4.78 is 47.1. The lowest BCUT2D eigenvalue weighted by Crippen LogP contribution is -2.34. The summed E-state index contributed by atoms with van der Waals surface area (Å²) in [6.07, 6.45) is -2.97. The lowest BCUT2D eigenvalue weighted by atomic mass is 10.1. The molecule has 0 atom stereocenters. The minimum Gasteiger partial charge on any atom is -0.497 e. The fourth-order valence-electron chi connectivity index (χ4n) is 3.38. The molecule has 0 unspecified atom stereocenters. The van der Waals surface area contributed by atoms with Gasteiger partial charge in [-0.2, -0.15) is 13.2 Å². The van der Waals surface area contributed by atoms with Gasteiger partial charge in [0, 0.05) is 23.8 Å². The molecular weight excluding hydrogens is 439 g/mol. The molecule has 1 saturated carbocycles. The van der Waals surface area contributed by atoms with Crippen molar-refractivity contribution >= 4 is 11.7 Å². The van der Waals surface area contributed by atoms with Crippen LogP contribution in [0.2, 0.25) is 0 Å².